The molecule has 3 aromatic carbocycles. The van der Waals surface area contributed by atoms with Crippen LogP contribution in [0.5, 0.6) is 5.75 Å². The zero-order valence-electron chi connectivity index (χ0n) is 12.7. The predicted octanol–water partition coefficient (Wildman–Crippen LogP) is 4.32. The van der Waals surface area contributed by atoms with E-state index < -0.39 is 0 Å². The second-order valence-corrected chi connectivity index (χ2v) is 5.60. The van der Waals surface area contributed by atoms with E-state index in [9.17, 15) is 9.59 Å². The van der Waals surface area contributed by atoms with Gasteiger partial charge in [0.25, 0.3) is 5.91 Å². The molecule has 0 aliphatic carbocycles. The number of carbonyl (C=O) groups is 2. The predicted molar refractivity (Wildman–Crippen MR) is 94.9 cm³/mol. The highest BCUT2D eigenvalue weighted by Gasteiger charge is 2.09. The minimum Gasteiger partial charge on any atom is -0.483 e. The molecule has 3 rings (SSSR count). The first-order chi connectivity index (χ1) is 11.7. The highest BCUT2D eigenvalue weighted by atomic mass is 35.5. The summed E-state index contributed by atoms with van der Waals surface area (Å²) in [5.41, 5.74) is 1.23. The normalized spacial score (nSPS) is 10.4. The van der Waals surface area contributed by atoms with Crippen LogP contribution >= 0.6 is 11.6 Å². The van der Waals surface area contributed by atoms with Crippen LogP contribution in [0.3, 0.4) is 0 Å². The monoisotopic (exact) mass is 339 g/mol. The molecule has 0 fully saturated rings. The Morgan fingerprint density at radius 1 is 1.00 bits per heavy atom. The van der Waals surface area contributed by atoms with Gasteiger partial charge in [-0.2, -0.15) is 0 Å². The lowest BCUT2D eigenvalue weighted by Gasteiger charge is -2.11. The average molecular weight is 340 g/mol. The maximum Gasteiger partial charge on any atom is 0.262 e. The van der Waals surface area contributed by atoms with Crippen molar-refractivity contribution in [1.29, 1.82) is 0 Å². The SMILES string of the molecule is O=Cc1ccc(OCC(=O)Nc2ccc(Cl)cc2)c2ccccc12. The number of hydrogen-bond donors (Lipinski definition) is 1. The number of amides is 1. The molecule has 4 nitrogen and oxygen atoms in total. The van der Waals surface area contributed by atoms with E-state index in [0.717, 1.165) is 17.1 Å². The van der Waals surface area contributed by atoms with Gasteiger partial charge in [-0.05, 0) is 41.8 Å². The number of anilines is 1. The number of fused-ring (bicyclic) bond motifs is 1. The largest absolute Gasteiger partial charge is 0.483 e. The summed E-state index contributed by atoms with van der Waals surface area (Å²) >= 11 is 5.81. The molecule has 0 atom stereocenters. The topological polar surface area (TPSA) is 55.4 Å². The Labute approximate surface area is 144 Å². The molecule has 3 aromatic rings. The van der Waals surface area contributed by atoms with Gasteiger partial charge in [-0.3, -0.25) is 9.59 Å². The van der Waals surface area contributed by atoms with Crippen molar-refractivity contribution in [2.24, 2.45) is 0 Å². The van der Waals surface area contributed by atoms with E-state index in [1.165, 1.54) is 0 Å². The van der Waals surface area contributed by atoms with Gasteiger partial charge in [0.1, 0.15) is 5.75 Å². The van der Waals surface area contributed by atoms with Crippen LogP contribution in [-0.2, 0) is 4.79 Å². The molecule has 0 aliphatic heterocycles. The average Bonchev–Trinajstić information content (AvgIpc) is 2.61. The molecule has 0 aliphatic rings. The van der Waals surface area contributed by atoms with Crippen molar-refractivity contribution in [2.75, 3.05) is 11.9 Å². The van der Waals surface area contributed by atoms with Crippen LogP contribution < -0.4 is 10.1 Å². The van der Waals surface area contributed by atoms with Gasteiger partial charge in [0.2, 0.25) is 0 Å². The molecule has 24 heavy (non-hydrogen) atoms. The molecule has 0 heterocycles. The molecule has 1 amide bonds. The van der Waals surface area contributed by atoms with Crippen LogP contribution in [0.15, 0.2) is 60.7 Å². The summed E-state index contributed by atoms with van der Waals surface area (Å²) in [4.78, 5) is 23.1. The van der Waals surface area contributed by atoms with E-state index in [4.69, 9.17) is 16.3 Å². The maximum atomic E-state index is 12.0. The number of nitrogens with one attached hydrogen (secondary N) is 1. The zero-order chi connectivity index (χ0) is 16.9. The summed E-state index contributed by atoms with van der Waals surface area (Å²) < 4.78 is 5.62. The van der Waals surface area contributed by atoms with E-state index in [0.29, 0.717) is 22.0 Å². The van der Waals surface area contributed by atoms with E-state index in [1.54, 1.807) is 36.4 Å². The van der Waals surface area contributed by atoms with Gasteiger partial charge in [0.05, 0.1) is 0 Å². The van der Waals surface area contributed by atoms with Crippen molar-refractivity contribution in [2.45, 2.75) is 0 Å². The van der Waals surface area contributed by atoms with Crippen LogP contribution in [0, 0.1) is 0 Å². The van der Waals surface area contributed by atoms with Gasteiger partial charge >= 0.3 is 0 Å². The molecule has 0 saturated carbocycles. The molecule has 0 bridgehead atoms. The van der Waals surface area contributed by atoms with Crippen LogP contribution in [-0.4, -0.2) is 18.8 Å². The van der Waals surface area contributed by atoms with Crippen molar-refractivity contribution in [1.82, 2.24) is 0 Å². The summed E-state index contributed by atoms with van der Waals surface area (Å²) in [5, 5.41) is 4.92. The number of hydrogen-bond acceptors (Lipinski definition) is 3. The lowest BCUT2D eigenvalue weighted by Crippen LogP contribution is -2.20. The standard InChI is InChI=1S/C19H14ClNO3/c20-14-6-8-15(9-7-14)21-19(23)12-24-18-10-5-13(11-22)16-3-1-2-4-17(16)18/h1-11H,12H2,(H,21,23). The van der Waals surface area contributed by atoms with Gasteiger partial charge in [-0.1, -0.05) is 35.9 Å². The lowest BCUT2D eigenvalue weighted by molar-refractivity contribution is -0.118. The van der Waals surface area contributed by atoms with Gasteiger partial charge < -0.3 is 10.1 Å². The van der Waals surface area contributed by atoms with Crippen molar-refractivity contribution in [3.8, 4) is 5.75 Å². The molecule has 5 heteroatoms. The van der Waals surface area contributed by atoms with E-state index in [1.807, 2.05) is 24.3 Å². The Morgan fingerprint density at radius 2 is 1.71 bits per heavy atom. The molecule has 0 radical (unpaired) electrons. The number of benzene rings is 3. The zero-order valence-corrected chi connectivity index (χ0v) is 13.4. The number of rotatable bonds is 5. The molecule has 0 unspecified atom stereocenters. The third-order valence-corrected chi connectivity index (χ3v) is 3.78. The minimum absolute atomic E-state index is 0.132. The van der Waals surface area contributed by atoms with Crippen molar-refractivity contribution >= 4 is 40.3 Å². The minimum atomic E-state index is -0.277. The molecule has 1 N–H and O–H groups in total. The third-order valence-electron chi connectivity index (χ3n) is 3.53. The van der Waals surface area contributed by atoms with E-state index in [2.05, 4.69) is 5.32 Å². The summed E-state index contributed by atoms with van der Waals surface area (Å²) in [6, 6.07) is 17.6. The van der Waals surface area contributed by atoms with Crippen LogP contribution in [0.1, 0.15) is 10.4 Å². The molecular formula is C19H14ClNO3. The first-order valence-electron chi connectivity index (χ1n) is 7.32. The highest BCUT2D eigenvalue weighted by Crippen LogP contribution is 2.27. The van der Waals surface area contributed by atoms with Gasteiger partial charge in [0.15, 0.2) is 12.9 Å². The molecule has 0 aromatic heterocycles. The second-order valence-electron chi connectivity index (χ2n) is 5.16. The fourth-order valence-electron chi connectivity index (χ4n) is 2.40. The van der Waals surface area contributed by atoms with Crippen LogP contribution in [0.2, 0.25) is 5.02 Å². The van der Waals surface area contributed by atoms with Crippen molar-refractivity contribution < 1.29 is 14.3 Å². The number of carbonyl (C=O) groups excluding carboxylic acids is 2. The number of ether oxygens (including phenoxy) is 1. The lowest BCUT2D eigenvalue weighted by atomic mass is 10.0. The van der Waals surface area contributed by atoms with E-state index in [-0.39, 0.29) is 12.5 Å². The van der Waals surface area contributed by atoms with Gasteiger partial charge in [-0.25, -0.2) is 0 Å². The Kier molecular flexibility index (Phi) is 4.77. The molecule has 0 spiro atoms. The van der Waals surface area contributed by atoms with Gasteiger partial charge in [-0.15, -0.1) is 0 Å². The summed E-state index contributed by atoms with van der Waals surface area (Å²) in [6.07, 6.45) is 0.805. The Balaban J connectivity index is 1.72. The summed E-state index contributed by atoms with van der Waals surface area (Å²) in [6.45, 7) is -0.132. The first kappa shape index (κ1) is 16.0. The number of halogens is 1. The van der Waals surface area contributed by atoms with Crippen LogP contribution in [0.4, 0.5) is 5.69 Å². The van der Waals surface area contributed by atoms with Crippen molar-refractivity contribution in [3.63, 3.8) is 0 Å². The highest BCUT2D eigenvalue weighted by molar-refractivity contribution is 6.30. The Morgan fingerprint density at radius 3 is 2.42 bits per heavy atom. The van der Waals surface area contributed by atoms with E-state index >= 15 is 0 Å². The molecule has 0 saturated heterocycles. The Bertz CT molecular complexity index is 891. The Hall–Kier alpha value is -2.85. The fourth-order valence-corrected chi connectivity index (χ4v) is 2.52. The first-order valence-corrected chi connectivity index (χ1v) is 7.70. The quantitative estimate of drug-likeness (QED) is 0.704. The van der Waals surface area contributed by atoms with Crippen LogP contribution in [0.25, 0.3) is 10.8 Å². The third kappa shape index (κ3) is 3.55. The summed E-state index contributed by atoms with van der Waals surface area (Å²) in [7, 11) is 0. The fraction of sp³-hybridized carbons (Fsp3) is 0.0526. The molecular weight excluding hydrogens is 326 g/mol. The summed E-state index contributed by atoms with van der Waals surface area (Å²) in [5.74, 6) is 0.281. The molecule has 120 valence electrons. The number of aldehydes is 1. The maximum absolute atomic E-state index is 12.0. The smallest absolute Gasteiger partial charge is 0.262 e. The second kappa shape index (κ2) is 7.15. The van der Waals surface area contributed by atoms with Gasteiger partial charge in [0, 0.05) is 21.7 Å². The van der Waals surface area contributed by atoms with Crippen molar-refractivity contribution in [3.05, 3.63) is 71.2 Å².